The van der Waals surface area contributed by atoms with Gasteiger partial charge in [-0.15, -0.1) is 0 Å². The predicted octanol–water partition coefficient (Wildman–Crippen LogP) is 21.5. The van der Waals surface area contributed by atoms with Gasteiger partial charge >= 0.3 is 17.9 Å². The minimum atomic E-state index is -0.837. The lowest BCUT2D eigenvalue weighted by Gasteiger charge is -2.18. The van der Waals surface area contributed by atoms with Crippen LogP contribution in [0, 0.1) is 0 Å². The minimum absolute atomic E-state index is 0.122. The van der Waals surface area contributed by atoms with Gasteiger partial charge in [0.05, 0.1) is 0 Å². The van der Waals surface area contributed by atoms with E-state index < -0.39 is 12.1 Å². The van der Waals surface area contributed by atoms with Crippen LogP contribution in [0.2, 0.25) is 0 Å². The van der Waals surface area contributed by atoms with Crippen LogP contribution in [0.3, 0.4) is 0 Å². The highest BCUT2D eigenvalue weighted by Gasteiger charge is 2.19. The average Bonchev–Trinajstić information content (AvgIpc) is 3.43. The molecule has 434 valence electrons. The normalized spacial score (nSPS) is 13.1. The number of hydrogen-bond donors (Lipinski definition) is 0. The monoisotopic (exact) mass is 1060 g/mol. The maximum absolute atomic E-state index is 12.9. The Hall–Kier alpha value is -4.71. The molecule has 0 radical (unpaired) electrons. The summed E-state index contributed by atoms with van der Waals surface area (Å²) in [5.74, 6) is -1.04. The van der Waals surface area contributed by atoms with Gasteiger partial charge in [-0.2, -0.15) is 0 Å². The highest BCUT2D eigenvalue weighted by atomic mass is 16.6. The first-order chi connectivity index (χ1) is 38.0. The first-order valence-corrected chi connectivity index (χ1v) is 31.3. The molecule has 0 aliphatic carbocycles. The second-order valence-electron chi connectivity index (χ2n) is 20.2. The molecule has 0 N–H and O–H groups in total. The van der Waals surface area contributed by atoms with Crippen molar-refractivity contribution in [2.24, 2.45) is 0 Å². The van der Waals surface area contributed by atoms with E-state index in [9.17, 15) is 14.4 Å². The molecule has 0 aliphatic rings. The van der Waals surface area contributed by atoms with E-state index in [-0.39, 0.29) is 31.6 Å². The maximum Gasteiger partial charge on any atom is 0.306 e. The third kappa shape index (κ3) is 62.0. The van der Waals surface area contributed by atoms with Gasteiger partial charge < -0.3 is 14.2 Å². The van der Waals surface area contributed by atoms with Crippen LogP contribution < -0.4 is 0 Å². The van der Waals surface area contributed by atoms with Crippen LogP contribution in [0.25, 0.3) is 0 Å². The quantitative estimate of drug-likeness (QED) is 0.0261. The highest BCUT2D eigenvalue weighted by Crippen LogP contribution is 2.15. The molecular formula is C71H114O6. The van der Waals surface area contributed by atoms with Crippen molar-refractivity contribution in [2.45, 2.75) is 271 Å². The molecular weight excluding hydrogens is 949 g/mol. The highest BCUT2D eigenvalue weighted by molar-refractivity contribution is 5.71. The van der Waals surface area contributed by atoms with Crippen LogP contribution in [0.1, 0.15) is 265 Å². The molecule has 0 heterocycles. The van der Waals surface area contributed by atoms with E-state index in [0.29, 0.717) is 19.3 Å². The molecule has 0 bridgehead atoms. The number of ether oxygens (including phenoxy) is 3. The predicted molar refractivity (Wildman–Crippen MR) is 334 cm³/mol. The Morgan fingerprint density at radius 1 is 0.273 bits per heavy atom. The van der Waals surface area contributed by atoms with Gasteiger partial charge in [-0.05, 0) is 128 Å². The summed E-state index contributed by atoms with van der Waals surface area (Å²) in [6, 6.07) is 0. The number of rotatable bonds is 55. The summed E-state index contributed by atoms with van der Waals surface area (Å²) in [5.41, 5.74) is 0. The zero-order valence-electron chi connectivity index (χ0n) is 49.7. The Labute approximate surface area is 474 Å². The van der Waals surface area contributed by atoms with Crippen molar-refractivity contribution < 1.29 is 28.6 Å². The van der Waals surface area contributed by atoms with Gasteiger partial charge in [0.15, 0.2) is 6.10 Å². The number of carbonyl (C=O) groups is 3. The first kappa shape index (κ1) is 72.3. The summed E-state index contributed by atoms with van der Waals surface area (Å²) < 4.78 is 16.8. The summed E-state index contributed by atoms with van der Waals surface area (Å²) >= 11 is 0. The largest absolute Gasteiger partial charge is 0.462 e. The van der Waals surface area contributed by atoms with Gasteiger partial charge in [0.2, 0.25) is 0 Å². The Kier molecular flexibility index (Phi) is 59.9. The molecule has 0 saturated carbocycles. The van der Waals surface area contributed by atoms with Gasteiger partial charge in [-0.1, -0.05) is 263 Å². The van der Waals surface area contributed by atoms with Gasteiger partial charge in [0.25, 0.3) is 0 Å². The Morgan fingerprint density at radius 2 is 0.532 bits per heavy atom. The number of allylic oxidation sites excluding steroid dienone is 24. The van der Waals surface area contributed by atoms with Crippen LogP contribution in [0.5, 0.6) is 0 Å². The molecule has 6 heteroatoms. The van der Waals surface area contributed by atoms with Gasteiger partial charge in [0, 0.05) is 19.3 Å². The standard InChI is InChI=1S/C71H114O6/c1-4-7-10-13-16-19-22-25-28-31-33-34-35-36-38-40-43-46-49-52-55-58-61-64-70(73)76-67-68(66-75-69(72)63-60-57-54-51-48-45-42-39-30-27-24-21-18-15-12-9-6-3)77-71(74)65-62-59-56-53-50-47-44-41-37-32-29-26-23-20-17-14-11-8-5-2/h8-9,11-12,17-18,20-22,25-27,29-31,33,37,41-42,45,47,50,56,59,68H,4-7,10,13-16,19,23-24,28,32,34-36,38-40,43-44,46,48-49,51-55,57-58,60-67H2,1-3H3/b11-8-,12-9-,20-17-,21-18-,25-22-,29-26-,30-27-,33-31-,41-37-,45-42-,50-47-,59-56-. The van der Waals surface area contributed by atoms with E-state index in [1.807, 2.05) is 12.2 Å². The minimum Gasteiger partial charge on any atom is -0.462 e. The molecule has 1 atom stereocenters. The number of unbranched alkanes of at least 4 members (excludes halogenated alkanes) is 20. The van der Waals surface area contributed by atoms with Crippen molar-refractivity contribution in [1.82, 2.24) is 0 Å². The summed E-state index contributed by atoms with van der Waals surface area (Å²) in [4.78, 5) is 38.3. The van der Waals surface area contributed by atoms with Crippen LogP contribution in [0.15, 0.2) is 146 Å². The number of carbonyl (C=O) groups excluding carboxylic acids is 3. The van der Waals surface area contributed by atoms with Crippen LogP contribution >= 0.6 is 0 Å². The Balaban J connectivity index is 4.52. The summed E-state index contributed by atoms with van der Waals surface area (Å²) in [6.45, 7) is 6.32. The molecule has 0 aromatic heterocycles. The average molecular weight is 1060 g/mol. The fraction of sp³-hybridized carbons (Fsp3) is 0.620. The van der Waals surface area contributed by atoms with Crippen molar-refractivity contribution in [3.05, 3.63) is 146 Å². The van der Waals surface area contributed by atoms with Crippen LogP contribution in [0.4, 0.5) is 0 Å². The zero-order chi connectivity index (χ0) is 55.7. The smallest absolute Gasteiger partial charge is 0.306 e. The molecule has 0 aliphatic heterocycles. The fourth-order valence-corrected chi connectivity index (χ4v) is 8.20. The molecule has 0 saturated heterocycles. The molecule has 0 aromatic carbocycles. The number of esters is 3. The molecule has 77 heavy (non-hydrogen) atoms. The zero-order valence-corrected chi connectivity index (χ0v) is 49.7. The molecule has 6 nitrogen and oxygen atoms in total. The lowest BCUT2D eigenvalue weighted by Crippen LogP contribution is -2.30. The summed E-state index contributed by atoms with van der Waals surface area (Å²) in [6.07, 6.45) is 91.4. The topological polar surface area (TPSA) is 78.9 Å². The van der Waals surface area contributed by atoms with Gasteiger partial charge in [-0.3, -0.25) is 14.4 Å². The molecule has 0 spiro atoms. The van der Waals surface area contributed by atoms with Crippen molar-refractivity contribution in [3.8, 4) is 0 Å². The summed E-state index contributed by atoms with van der Waals surface area (Å²) in [5, 5.41) is 0. The van der Waals surface area contributed by atoms with E-state index in [4.69, 9.17) is 14.2 Å². The Morgan fingerprint density at radius 3 is 0.844 bits per heavy atom. The molecule has 1 unspecified atom stereocenters. The van der Waals surface area contributed by atoms with E-state index in [2.05, 4.69) is 154 Å². The molecule has 0 fully saturated rings. The number of hydrogen-bond acceptors (Lipinski definition) is 6. The second-order valence-corrected chi connectivity index (χ2v) is 20.2. The lowest BCUT2D eigenvalue weighted by atomic mass is 10.0. The first-order valence-electron chi connectivity index (χ1n) is 31.3. The fourth-order valence-electron chi connectivity index (χ4n) is 8.20. The third-order valence-electron chi connectivity index (χ3n) is 12.8. The lowest BCUT2D eigenvalue weighted by molar-refractivity contribution is -0.166. The molecule has 0 rings (SSSR count). The Bertz CT molecular complexity index is 1700. The molecule has 0 amide bonds. The van der Waals surface area contributed by atoms with Crippen molar-refractivity contribution in [1.29, 1.82) is 0 Å². The second kappa shape index (κ2) is 63.8. The van der Waals surface area contributed by atoms with E-state index in [1.165, 1.54) is 96.3 Å². The maximum atomic E-state index is 12.9. The van der Waals surface area contributed by atoms with E-state index in [0.717, 1.165) is 122 Å². The van der Waals surface area contributed by atoms with Crippen molar-refractivity contribution in [2.75, 3.05) is 13.2 Å². The van der Waals surface area contributed by atoms with Crippen LogP contribution in [-0.4, -0.2) is 37.2 Å². The SMILES string of the molecule is CC/C=C\C/C=C\C/C=C\C/C=C\C/C=C\C/C=C\CCC(=O)OC(COC(=O)CCCCCC/C=C\C/C=C\C/C=C\C/C=C\CC)COC(=O)CCCCCCCCCCCCC/C=C\C/C=C\CCCCCCC. The third-order valence-corrected chi connectivity index (χ3v) is 12.8. The van der Waals surface area contributed by atoms with Crippen LogP contribution in [-0.2, 0) is 28.6 Å². The summed E-state index contributed by atoms with van der Waals surface area (Å²) in [7, 11) is 0. The van der Waals surface area contributed by atoms with Gasteiger partial charge in [0.1, 0.15) is 13.2 Å². The van der Waals surface area contributed by atoms with Gasteiger partial charge in [-0.25, -0.2) is 0 Å². The van der Waals surface area contributed by atoms with E-state index >= 15 is 0 Å². The van der Waals surface area contributed by atoms with Crippen molar-refractivity contribution in [3.63, 3.8) is 0 Å². The van der Waals surface area contributed by atoms with Crippen molar-refractivity contribution >= 4 is 17.9 Å². The molecule has 0 aromatic rings. The van der Waals surface area contributed by atoms with E-state index in [1.54, 1.807) is 0 Å².